The Bertz CT molecular complexity index is 602. The van der Waals surface area contributed by atoms with E-state index in [0.717, 1.165) is 27.8 Å². The summed E-state index contributed by atoms with van der Waals surface area (Å²) in [6.07, 6.45) is 0.632. The number of carbonyl (C=O) groups is 2. The van der Waals surface area contributed by atoms with E-state index in [-0.39, 0.29) is 0 Å². The molecular weight excluding hydrogens is 284 g/mol. The van der Waals surface area contributed by atoms with Crippen LogP contribution in [-0.4, -0.2) is 33.3 Å². The second-order valence-corrected chi connectivity index (χ2v) is 5.79. The number of fused-ring (bicyclic) bond motifs is 1. The molecule has 1 aliphatic carbocycles. The van der Waals surface area contributed by atoms with Crippen molar-refractivity contribution in [1.82, 2.24) is 0 Å². The summed E-state index contributed by atoms with van der Waals surface area (Å²) in [5.41, 5.74) is 3.99. The van der Waals surface area contributed by atoms with Gasteiger partial charge in [0.2, 0.25) is 0 Å². The van der Waals surface area contributed by atoms with E-state index in [4.69, 9.17) is 14.2 Å². The summed E-state index contributed by atoms with van der Waals surface area (Å²) < 4.78 is 15.0. The highest BCUT2D eigenvalue weighted by atomic mass is 16.5. The summed E-state index contributed by atoms with van der Waals surface area (Å²) in [7, 11) is 4.24. The Kier molecular flexibility index (Phi) is 4.56. The number of benzene rings is 1. The number of esters is 2. The van der Waals surface area contributed by atoms with Gasteiger partial charge in [0.15, 0.2) is 5.41 Å². The Labute approximate surface area is 130 Å². The minimum atomic E-state index is -1.27. The molecule has 1 aliphatic rings. The summed E-state index contributed by atoms with van der Waals surface area (Å²) in [5.74, 6) is -1.08. The van der Waals surface area contributed by atoms with Gasteiger partial charge in [-0.3, -0.25) is 9.59 Å². The van der Waals surface area contributed by atoms with Crippen molar-refractivity contribution in [3.05, 3.63) is 33.9 Å². The van der Waals surface area contributed by atoms with Crippen LogP contribution in [0.25, 0.3) is 0 Å². The van der Waals surface area contributed by atoms with Crippen molar-refractivity contribution in [3.63, 3.8) is 0 Å². The van der Waals surface area contributed by atoms with E-state index in [0.29, 0.717) is 19.4 Å². The van der Waals surface area contributed by atoms with Gasteiger partial charge in [-0.2, -0.15) is 0 Å². The highest BCUT2D eigenvalue weighted by molar-refractivity contribution is 6.01. The molecule has 0 atom stereocenters. The normalized spacial score (nSPS) is 15.3. The number of ether oxygens (including phenoxy) is 3. The van der Waals surface area contributed by atoms with Crippen LogP contribution in [0.1, 0.15) is 27.8 Å². The molecule has 0 heterocycles. The summed E-state index contributed by atoms with van der Waals surface area (Å²) in [6.45, 7) is 4.49. The molecular formula is C17H22O5. The predicted octanol–water partition coefficient (Wildman–Crippen LogP) is 1.88. The molecule has 1 aromatic rings. The average molecular weight is 306 g/mol. The van der Waals surface area contributed by atoms with Crippen LogP contribution in [0.2, 0.25) is 0 Å². The summed E-state index contributed by atoms with van der Waals surface area (Å²) in [4.78, 5) is 24.6. The van der Waals surface area contributed by atoms with Crippen molar-refractivity contribution in [2.75, 3.05) is 21.3 Å². The van der Waals surface area contributed by atoms with Crippen LogP contribution in [0, 0.1) is 19.3 Å². The Morgan fingerprint density at radius 1 is 1.05 bits per heavy atom. The highest BCUT2D eigenvalue weighted by Gasteiger charge is 2.53. The van der Waals surface area contributed by atoms with Crippen molar-refractivity contribution < 1.29 is 23.8 Å². The molecule has 0 amide bonds. The zero-order valence-electron chi connectivity index (χ0n) is 13.7. The fourth-order valence-corrected chi connectivity index (χ4v) is 3.33. The number of hydrogen-bond acceptors (Lipinski definition) is 5. The van der Waals surface area contributed by atoms with E-state index < -0.39 is 17.4 Å². The van der Waals surface area contributed by atoms with Gasteiger partial charge in [-0.15, -0.1) is 0 Å². The Morgan fingerprint density at radius 3 is 2.09 bits per heavy atom. The molecule has 0 bridgehead atoms. The number of hydrogen-bond donors (Lipinski definition) is 0. The van der Waals surface area contributed by atoms with E-state index in [2.05, 4.69) is 6.07 Å². The van der Waals surface area contributed by atoms with Gasteiger partial charge in [0.05, 0.1) is 20.8 Å². The maximum Gasteiger partial charge on any atom is 0.323 e. The zero-order chi connectivity index (χ0) is 16.5. The van der Waals surface area contributed by atoms with Crippen LogP contribution in [0.5, 0.6) is 0 Å². The fourth-order valence-electron chi connectivity index (χ4n) is 3.33. The molecule has 5 nitrogen and oxygen atoms in total. The van der Waals surface area contributed by atoms with Crippen LogP contribution in [-0.2, 0) is 43.2 Å². The van der Waals surface area contributed by atoms with Crippen molar-refractivity contribution in [1.29, 1.82) is 0 Å². The van der Waals surface area contributed by atoms with E-state index in [1.807, 2.05) is 13.8 Å². The standard InChI is InChI=1S/C17H22O5/c1-10-6-12(9-20-3)11(2)14-8-17(7-13(10)14,15(18)21-4)16(19)22-5/h6H,7-9H2,1-5H3. The number of carbonyl (C=O) groups excluding carboxylic acids is 2. The molecule has 0 aliphatic heterocycles. The van der Waals surface area contributed by atoms with Crippen molar-refractivity contribution in [2.24, 2.45) is 5.41 Å². The zero-order valence-corrected chi connectivity index (χ0v) is 13.7. The Hall–Kier alpha value is -1.88. The summed E-state index contributed by atoms with van der Waals surface area (Å²) in [5, 5.41) is 0. The molecule has 1 aromatic carbocycles. The van der Waals surface area contributed by atoms with E-state index in [9.17, 15) is 9.59 Å². The van der Waals surface area contributed by atoms with Gasteiger partial charge in [0.25, 0.3) is 0 Å². The molecule has 0 saturated heterocycles. The van der Waals surface area contributed by atoms with Gasteiger partial charge in [-0.1, -0.05) is 6.07 Å². The summed E-state index contributed by atoms with van der Waals surface area (Å²) in [6, 6.07) is 2.06. The van der Waals surface area contributed by atoms with Crippen LogP contribution < -0.4 is 0 Å². The average Bonchev–Trinajstić information content (AvgIpc) is 2.93. The van der Waals surface area contributed by atoms with Gasteiger partial charge >= 0.3 is 11.9 Å². The van der Waals surface area contributed by atoms with Gasteiger partial charge in [-0.25, -0.2) is 0 Å². The quantitative estimate of drug-likeness (QED) is 0.628. The van der Waals surface area contributed by atoms with E-state index >= 15 is 0 Å². The minimum absolute atomic E-state index is 0.311. The molecule has 0 radical (unpaired) electrons. The third kappa shape index (κ3) is 2.39. The number of methoxy groups -OCH3 is 3. The van der Waals surface area contributed by atoms with Crippen LogP contribution in [0.3, 0.4) is 0 Å². The molecule has 0 fully saturated rings. The first-order valence-electron chi connectivity index (χ1n) is 7.18. The SMILES string of the molecule is COCc1cc(C)c2c(c1C)CC(C(=O)OC)(C(=O)OC)C2. The number of aryl methyl sites for hydroxylation is 1. The van der Waals surface area contributed by atoms with Gasteiger partial charge in [0, 0.05) is 20.0 Å². The molecule has 0 unspecified atom stereocenters. The second-order valence-electron chi connectivity index (χ2n) is 5.79. The maximum atomic E-state index is 12.3. The minimum Gasteiger partial charge on any atom is -0.468 e. The van der Waals surface area contributed by atoms with Gasteiger partial charge in [0.1, 0.15) is 0 Å². The van der Waals surface area contributed by atoms with Crippen LogP contribution >= 0.6 is 0 Å². The van der Waals surface area contributed by atoms with Crippen molar-refractivity contribution in [2.45, 2.75) is 33.3 Å². The van der Waals surface area contributed by atoms with Crippen LogP contribution in [0.15, 0.2) is 6.07 Å². The Morgan fingerprint density at radius 2 is 1.59 bits per heavy atom. The third-order valence-electron chi connectivity index (χ3n) is 4.57. The van der Waals surface area contributed by atoms with Gasteiger partial charge < -0.3 is 14.2 Å². The number of rotatable bonds is 4. The first-order valence-corrected chi connectivity index (χ1v) is 7.18. The molecule has 120 valence electrons. The molecule has 2 rings (SSSR count). The van der Waals surface area contributed by atoms with E-state index in [1.54, 1.807) is 7.11 Å². The highest BCUT2D eigenvalue weighted by Crippen LogP contribution is 2.43. The largest absolute Gasteiger partial charge is 0.468 e. The topological polar surface area (TPSA) is 61.8 Å². The Balaban J connectivity index is 2.55. The van der Waals surface area contributed by atoms with Gasteiger partial charge in [-0.05, 0) is 41.7 Å². The first kappa shape index (κ1) is 16.5. The monoisotopic (exact) mass is 306 g/mol. The molecule has 0 N–H and O–H groups in total. The molecule has 22 heavy (non-hydrogen) atoms. The van der Waals surface area contributed by atoms with E-state index in [1.165, 1.54) is 14.2 Å². The predicted molar refractivity (Wildman–Crippen MR) is 80.5 cm³/mol. The smallest absolute Gasteiger partial charge is 0.323 e. The lowest BCUT2D eigenvalue weighted by atomic mass is 9.84. The molecule has 0 saturated carbocycles. The van der Waals surface area contributed by atoms with Crippen molar-refractivity contribution in [3.8, 4) is 0 Å². The lowest BCUT2D eigenvalue weighted by Crippen LogP contribution is -2.42. The third-order valence-corrected chi connectivity index (χ3v) is 4.57. The molecule has 5 heteroatoms. The molecule has 0 aromatic heterocycles. The van der Waals surface area contributed by atoms with Crippen LogP contribution in [0.4, 0.5) is 0 Å². The molecule has 0 spiro atoms. The fraction of sp³-hybridized carbons (Fsp3) is 0.529. The first-order chi connectivity index (χ1) is 10.4. The maximum absolute atomic E-state index is 12.3. The lowest BCUT2D eigenvalue weighted by molar-refractivity contribution is -0.168. The van der Waals surface area contributed by atoms with Crippen molar-refractivity contribution >= 4 is 11.9 Å². The lowest BCUT2D eigenvalue weighted by Gasteiger charge is -2.22. The second kappa shape index (κ2) is 6.08. The summed E-state index contributed by atoms with van der Waals surface area (Å²) >= 11 is 0.